The summed E-state index contributed by atoms with van der Waals surface area (Å²) in [6, 6.07) is 4.86. The van der Waals surface area contributed by atoms with Gasteiger partial charge in [-0.25, -0.2) is 13.1 Å². The Morgan fingerprint density at radius 2 is 2.18 bits per heavy atom. The fourth-order valence-electron chi connectivity index (χ4n) is 1.52. The van der Waals surface area contributed by atoms with Gasteiger partial charge < -0.3 is 10.1 Å². The highest BCUT2D eigenvalue weighted by Gasteiger charge is 2.26. The Hall–Kier alpha value is -0.630. The molecule has 2 rings (SSSR count). The van der Waals surface area contributed by atoms with Gasteiger partial charge in [-0.15, -0.1) is 0 Å². The van der Waals surface area contributed by atoms with Gasteiger partial charge in [-0.1, -0.05) is 15.9 Å². The van der Waals surface area contributed by atoms with Gasteiger partial charge in [0, 0.05) is 23.6 Å². The van der Waals surface area contributed by atoms with Gasteiger partial charge in [-0.05, 0) is 18.2 Å². The van der Waals surface area contributed by atoms with E-state index in [0.29, 0.717) is 23.3 Å². The third kappa shape index (κ3) is 2.79. The van der Waals surface area contributed by atoms with Gasteiger partial charge in [-0.2, -0.15) is 0 Å². The first kappa shape index (κ1) is 12.8. The molecule has 0 spiro atoms. The summed E-state index contributed by atoms with van der Waals surface area (Å²) in [7, 11) is -2.08. The van der Waals surface area contributed by atoms with Gasteiger partial charge in [0.15, 0.2) is 0 Å². The predicted molar refractivity (Wildman–Crippen MR) is 67.7 cm³/mol. The molecule has 1 aromatic rings. The van der Waals surface area contributed by atoms with Crippen molar-refractivity contribution in [2.45, 2.75) is 10.9 Å². The third-order valence-corrected chi connectivity index (χ3v) is 4.55. The van der Waals surface area contributed by atoms with E-state index in [0.717, 1.165) is 0 Å². The summed E-state index contributed by atoms with van der Waals surface area (Å²) >= 11 is 3.26. The van der Waals surface area contributed by atoms with E-state index in [2.05, 4.69) is 26.0 Å². The summed E-state index contributed by atoms with van der Waals surface area (Å²) in [4.78, 5) is 0.154. The van der Waals surface area contributed by atoms with Crippen molar-refractivity contribution in [2.75, 3.05) is 20.2 Å². The van der Waals surface area contributed by atoms with Crippen LogP contribution in [0.1, 0.15) is 0 Å². The molecule has 2 N–H and O–H groups in total. The Balaban J connectivity index is 2.33. The average Bonchev–Trinajstić information content (AvgIpc) is 2.24. The molecule has 0 unspecified atom stereocenters. The summed E-state index contributed by atoms with van der Waals surface area (Å²) in [5, 5.41) is 3.01. The predicted octanol–water partition coefficient (Wildman–Crippen LogP) is 0.708. The van der Waals surface area contributed by atoms with Gasteiger partial charge >= 0.3 is 0 Å². The summed E-state index contributed by atoms with van der Waals surface area (Å²) < 4.78 is 32.6. The highest BCUT2D eigenvalue weighted by Crippen LogP contribution is 2.27. The standard InChI is InChI=1S/C10H13BrN2O3S/c1-16-9-3-2-7(11)4-10(9)17(14,15)13-8-5-12-6-8/h2-4,8,12-13H,5-6H2,1H3. The molecular weight excluding hydrogens is 308 g/mol. The van der Waals surface area contributed by atoms with Crippen molar-refractivity contribution in [3.63, 3.8) is 0 Å². The molecule has 0 aromatic heterocycles. The van der Waals surface area contributed by atoms with Crippen LogP contribution in [0.25, 0.3) is 0 Å². The fourth-order valence-corrected chi connectivity index (χ4v) is 3.46. The smallest absolute Gasteiger partial charge is 0.244 e. The van der Waals surface area contributed by atoms with Crippen molar-refractivity contribution in [3.8, 4) is 5.75 Å². The van der Waals surface area contributed by atoms with E-state index < -0.39 is 10.0 Å². The lowest BCUT2D eigenvalue weighted by atomic mass is 10.2. The molecule has 0 radical (unpaired) electrons. The number of rotatable bonds is 4. The van der Waals surface area contributed by atoms with E-state index in [9.17, 15) is 8.42 Å². The van der Waals surface area contributed by atoms with Crippen molar-refractivity contribution in [3.05, 3.63) is 22.7 Å². The first-order valence-corrected chi connectivity index (χ1v) is 7.37. The van der Waals surface area contributed by atoms with Crippen LogP contribution in [-0.2, 0) is 10.0 Å². The Bertz CT molecular complexity index is 514. The van der Waals surface area contributed by atoms with E-state index in [1.165, 1.54) is 13.2 Å². The Kier molecular flexibility index (Phi) is 3.72. The lowest BCUT2D eigenvalue weighted by molar-refractivity contribution is 0.395. The minimum Gasteiger partial charge on any atom is -0.495 e. The maximum absolute atomic E-state index is 12.1. The zero-order valence-corrected chi connectivity index (χ0v) is 11.6. The Labute approximate surface area is 109 Å². The Morgan fingerprint density at radius 3 is 2.71 bits per heavy atom. The number of ether oxygens (including phenoxy) is 1. The minimum atomic E-state index is -3.53. The monoisotopic (exact) mass is 320 g/mol. The summed E-state index contributed by atoms with van der Waals surface area (Å²) in [6.07, 6.45) is 0. The van der Waals surface area contributed by atoms with E-state index in [1.807, 2.05) is 0 Å². The quantitative estimate of drug-likeness (QED) is 0.857. The lowest BCUT2D eigenvalue weighted by Gasteiger charge is -2.27. The number of hydrogen-bond donors (Lipinski definition) is 2. The van der Waals surface area contributed by atoms with Gasteiger partial charge in [0.1, 0.15) is 10.6 Å². The highest BCUT2D eigenvalue weighted by atomic mass is 79.9. The fraction of sp³-hybridized carbons (Fsp3) is 0.400. The number of hydrogen-bond acceptors (Lipinski definition) is 4. The zero-order valence-electron chi connectivity index (χ0n) is 9.23. The number of nitrogens with one attached hydrogen (secondary N) is 2. The molecule has 1 saturated heterocycles. The zero-order chi connectivity index (χ0) is 12.5. The van der Waals surface area contributed by atoms with Crippen molar-refractivity contribution < 1.29 is 13.2 Å². The minimum absolute atomic E-state index is 0.0383. The number of benzene rings is 1. The second-order valence-electron chi connectivity index (χ2n) is 3.77. The maximum atomic E-state index is 12.1. The van der Waals surface area contributed by atoms with Crippen molar-refractivity contribution in [2.24, 2.45) is 0 Å². The van der Waals surface area contributed by atoms with Crippen LogP contribution in [0.15, 0.2) is 27.6 Å². The molecule has 0 amide bonds. The van der Waals surface area contributed by atoms with Crippen molar-refractivity contribution in [1.82, 2.24) is 10.0 Å². The topological polar surface area (TPSA) is 67.4 Å². The molecule has 17 heavy (non-hydrogen) atoms. The van der Waals surface area contributed by atoms with Gasteiger partial charge in [0.05, 0.1) is 7.11 Å². The molecule has 7 heteroatoms. The van der Waals surface area contributed by atoms with Crippen LogP contribution < -0.4 is 14.8 Å². The van der Waals surface area contributed by atoms with Gasteiger partial charge in [0.25, 0.3) is 0 Å². The van der Waals surface area contributed by atoms with Crippen LogP contribution >= 0.6 is 15.9 Å². The second kappa shape index (κ2) is 4.93. The molecule has 1 fully saturated rings. The normalized spacial score (nSPS) is 16.6. The molecule has 0 bridgehead atoms. The molecule has 0 atom stereocenters. The number of halogens is 1. The Morgan fingerprint density at radius 1 is 1.47 bits per heavy atom. The van der Waals surface area contributed by atoms with E-state index in [1.54, 1.807) is 12.1 Å². The molecule has 0 aliphatic carbocycles. The molecule has 1 aliphatic heterocycles. The molecule has 1 aliphatic rings. The number of sulfonamides is 1. The SMILES string of the molecule is COc1ccc(Br)cc1S(=O)(=O)NC1CNC1. The molecule has 1 aromatic carbocycles. The molecular formula is C10H13BrN2O3S. The van der Waals surface area contributed by atoms with Crippen LogP contribution in [0.4, 0.5) is 0 Å². The number of methoxy groups -OCH3 is 1. The van der Waals surface area contributed by atoms with Crippen molar-refractivity contribution >= 4 is 26.0 Å². The average molecular weight is 321 g/mol. The highest BCUT2D eigenvalue weighted by molar-refractivity contribution is 9.10. The van der Waals surface area contributed by atoms with Crippen LogP contribution in [0, 0.1) is 0 Å². The largest absolute Gasteiger partial charge is 0.495 e. The van der Waals surface area contributed by atoms with Crippen molar-refractivity contribution in [1.29, 1.82) is 0 Å². The second-order valence-corrected chi connectivity index (χ2v) is 6.37. The molecule has 5 nitrogen and oxygen atoms in total. The van der Waals surface area contributed by atoms with E-state index in [-0.39, 0.29) is 10.9 Å². The summed E-state index contributed by atoms with van der Waals surface area (Å²) in [5.74, 6) is 0.341. The summed E-state index contributed by atoms with van der Waals surface area (Å²) in [5.41, 5.74) is 0. The van der Waals surface area contributed by atoms with E-state index >= 15 is 0 Å². The third-order valence-electron chi connectivity index (χ3n) is 2.52. The first-order chi connectivity index (χ1) is 8.03. The van der Waals surface area contributed by atoms with E-state index in [4.69, 9.17) is 4.74 Å². The van der Waals surface area contributed by atoms with Crippen LogP contribution in [0.2, 0.25) is 0 Å². The first-order valence-electron chi connectivity index (χ1n) is 5.09. The molecule has 94 valence electrons. The molecule has 0 saturated carbocycles. The van der Waals surface area contributed by atoms with Crippen LogP contribution in [0.5, 0.6) is 5.75 Å². The van der Waals surface area contributed by atoms with Gasteiger partial charge in [0.2, 0.25) is 10.0 Å². The van der Waals surface area contributed by atoms with Crippen LogP contribution in [0.3, 0.4) is 0 Å². The molecule has 1 heterocycles. The maximum Gasteiger partial charge on any atom is 0.244 e. The van der Waals surface area contributed by atoms with Crippen LogP contribution in [-0.4, -0.2) is 34.7 Å². The lowest BCUT2D eigenvalue weighted by Crippen LogP contribution is -2.56. The van der Waals surface area contributed by atoms with Gasteiger partial charge in [-0.3, -0.25) is 0 Å². The summed E-state index contributed by atoms with van der Waals surface area (Å²) in [6.45, 7) is 1.32.